The van der Waals surface area contributed by atoms with Gasteiger partial charge in [-0.2, -0.15) is 0 Å². The molecule has 0 saturated heterocycles. The highest BCUT2D eigenvalue weighted by Crippen LogP contribution is 2.15. The highest BCUT2D eigenvalue weighted by molar-refractivity contribution is 5.99. The number of amides is 2. The predicted octanol–water partition coefficient (Wildman–Crippen LogP) is 4.53. The monoisotopic (exact) mass is 463 g/mol. The molecule has 3 aromatic carbocycles. The van der Waals surface area contributed by atoms with Crippen molar-refractivity contribution in [2.45, 2.75) is 20.5 Å². The number of carbonyl (C=O) groups excluding carboxylic acids is 2. The van der Waals surface area contributed by atoms with Gasteiger partial charge in [0, 0.05) is 17.8 Å². The molecule has 0 aliphatic rings. The third kappa shape index (κ3) is 7.44. The molecule has 0 atom stereocenters. The van der Waals surface area contributed by atoms with Crippen molar-refractivity contribution in [1.29, 1.82) is 0 Å². The van der Waals surface area contributed by atoms with E-state index in [0.29, 0.717) is 35.9 Å². The summed E-state index contributed by atoms with van der Waals surface area (Å²) in [4.78, 5) is 29.2. The average molecular weight is 464 g/mol. The molecule has 176 valence electrons. The summed E-state index contributed by atoms with van der Waals surface area (Å²) in [5, 5.41) is 9.38. The van der Waals surface area contributed by atoms with Crippen molar-refractivity contribution in [2.24, 2.45) is 5.16 Å². The van der Waals surface area contributed by atoms with Crippen molar-refractivity contribution in [3.8, 4) is 5.75 Å². The number of hydrogen-bond donors (Lipinski definition) is 2. The van der Waals surface area contributed by atoms with Gasteiger partial charge in [-0.15, -0.1) is 0 Å². The maximum atomic E-state index is 13.0. The first-order valence-corrected chi connectivity index (χ1v) is 10.8. The van der Waals surface area contributed by atoms with Crippen molar-refractivity contribution in [3.05, 3.63) is 95.3 Å². The van der Waals surface area contributed by atoms with Crippen LogP contribution in [0.5, 0.6) is 5.75 Å². The number of oxime groups is 1. The highest BCUT2D eigenvalue weighted by Gasteiger charge is 2.08. The lowest BCUT2D eigenvalue weighted by molar-refractivity contribution is -0.120. The highest BCUT2D eigenvalue weighted by atomic mass is 19.1. The van der Waals surface area contributed by atoms with Crippen LogP contribution < -0.4 is 15.4 Å². The van der Waals surface area contributed by atoms with Crippen LogP contribution in [0.1, 0.15) is 35.3 Å². The standard InChI is InChI=1S/C26H26FN3O4/c1-3-28-26(32)21-5-4-6-23(15-21)29-25(31)17-34-30-18(2)20-9-13-24(14-10-20)33-16-19-7-11-22(27)12-8-19/h4-15H,3,16-17H2,1-2H3,(H,28,32)(H,29,31). The van der Waals surface area contributed by atoms with E-state index in [1.807, 2.05) is 19.1 Å². The van der Waals surface area contributed by atoms with E-state index in [4.69, 9.17) is 9.57 Å². The van der Waals surface area contributed by atoms with Crippen LogP contribution in [0.2, 0.25) is 0 Å². The SMILES string of the molecule is CCNC(=O)c1cccc(NC(=O)CON=C(C)c2ccc(OCc3ccc(F)cc3)cc2)c1. The van der Waals surface area contributed by atoms with E-state index in [0.717, 1.165) is 11.1 Å². The minimum absolute atomic E-state index is 0.207. The summed E-state index contributed by atoms with van der Waals surface area (Å²) < 4.78 is 18.7. The third-order valence-electron chi connectivity index (χ3n) is 4.73. The lowest BCUT2D eigenvalue weighted by Crippen LogP contribution is -2.23. The number of carbonyl (C=O) groups is 2. The Labute approximate surface area is 197 Å². The minimum Gasteiger partial charge on any atom is -0.489 e. The second-order valence-corrected chi connectivity index (χ2v) is 7.38. The van der Waals surface area contributed by atoms with E-state index in [-0.39, 0.29) is 18.3 Å². The quantitative estimate of drug-likeness (QED) is 0.341. The lowest BCUT2D eigenvalue weighted by Gasteiger charge is -2.08. The van der Waals surface area contributed by atoms with E-state index in [1.165, 1.54) is 12.1 Å². The van der Waals surface area contributed by atoms with E-state index in [9.17, 15) is 14.0 Å². The zero-order valence-corrected chi connectivity index (χ0v) is 19.0. The summed E-state index contributed by atoms with van der Waals surface area (Å²) in [5.41, 5.74) is 3.22. The number of ether oxygens (including phenoxy) is 1. The maximum Gasteiger partial charge on any atom is 0.265 e. The first-order valence-electron chi connectivity index (χ1n) is 10.8. The molecular weight excluding hydrogens is 437 g/mol. The number of hydrogen-bond acceptors (Lipinski definition) is 5. The van der Waals surface area contributed by atoms with Crippen molar-refractivity contribution in [1.82, 2.24) is 5.32 Å². The molecule has 0 heterocycles. The number of halogens is 1. The largest absolute Gasteiger partial charge is 0.489 e. The van der Waals surface area contributed by atoms with Gasteiger partial charge in [0.2, 0.25) is 0 Å². The fourth-order valence-corrected chi connectivity index (χ4v) is 2.98. The molecule has 0 bridgehead atoms. The minimum atomic E-state index is -0.394. The first kappa shape index (κ1) is 24.4. The maximum absolute atomic E-state index is 13.0. The van der Waals surface area contributed by atoms with Crippen molar-refractivity contribution in [2.75, 3.05) is 18.5 Å². The van der Waals surface area contributed by atoms with Gasteiger partial charge < -0.3 is 20.2 Å². The molecule has 8 heteroatoms. The Morgan fingerprint density at radius 1 is 0.971 bits per heavy atom. The van der Waals surface area contributed by atoms with Gasteiger partial charge >= 0.3 is 0 Å². The second kappa shape index (κ2) is 12.2. The van der Waals surface area contributed by atoms with Crippen LogP contribution in [-0.4, -0.2) is 30.7 Å². The van der Waals surface area contributed by atoms with Crippen LogP contribution in [-0.2, 0) is 16.2 Å². The Hall–Kier alpha value is -4.20. The first-order chi connectivity index (χ1) is 16.4. The van der Waals surface area contributed by atoms with Gasteiger partial charge in [0.25, 0.3) is 11.8 Å². The molecule has 0 aliphatic carbocycles. The Kier molecular flexibility index (Phi) is 8.73. The molecule has 0 radical (unpaired) electrons. The van der Waals surface area contributed by atoms with Crippen LogP contribution in [0.25, 0.3) is 0 Å². The van der Waals surface area contributed by atoms with Gasteiger partial charge in [-0.1, -0.05) is 23.4 Å². The Morgan fingerprint density at radius 2 is 1.71 bits per heavy atom. The van der Waals surface area contributed by atoms with E-state index in [2.05, 4.69) is 15.8 Å². The summed E-state index contributed by atoms with van der Waals surface area (Å²) in [6, 6.07) is 20.0. The molecule has 3 aromatic rings. The second-order valence-electron chi connectivity index (χ2n) is 7.38. The van der Waals surface area contributed by atoms with Gasteiger partial charge in [0.15, 0.2) is 6.61 Å². The molecule has 7 nitrogen and oxygen atoms in total. The summed E-state index contributed by atoms with van der Waals surface area (Å²) in [6.45, 7) is 4.18. The topological polar surface area (TPSA) is 89.0 Å². The lowest BCUT2D eigenvalue weighted by atomic mass is 10.1. The fraction of sp³-hybridized carbons (Fsp3) is 0.192. The number of nitrogens with zero attached hydrogens (tertiary/aromatic N) is 1. The van der Waals surface area contributed by atoms with Crippen LogP contribution >= 0.6 is 0 Å². The van der Waals surface area contributed by atoms with Gasteiger partial charge in [-0.25, -0.2) is 4.39 Å². The Bertz CT molecular complexity index is 1150. The van der Waals surface area contributed by atoms with Crippen LogP contribution in [0.15, 0.2) is 78.0 Å². The molecule has 2 amide bonds. The molecular formula is C26H26FN3O4. The molecule has 2 N–H and O–H groups in total. The summed E-state index contributed by atoms with van der Waals surface area (Å²) in [6.07, 6.45) is 0. The van der Waals surface area contributed by atoms with E-state index in [1.54, 1.807) is 55.5 Å². The number of rotatable bonds is 10. The van der Waals surface area contributed by atoms with Crippen molar-refractivity contribution < 1.29 is 23.6 Å². The number of nitrogens with one attached hydrogen (secondary N) is 2. The molecule has 0 unspecified atom stereocenters. The third-order valence-corrected chi connectivity index (χ3v) is 4.73. The smallest absolute Gasteiger partial charge is 0.265 e. The van der Waals surface area contributed by atoms with Gasteiger partial charge in [0.1, 0.15) is 18.2 Å². The van der Waals surface area contributed by atoms with Crippen LogP contribution in [0, 0.1) is 5.82 Å². The zero-order valence-electron chi connectivity index (χ0n) is 19.0. The molecule has 0 spiro atoms. The van der Waals surface area contributed by atoms with Crippen LogP contribution in [0.3, 0.4) is 0 Å². The molecule has 3 rings (SSSR count). The normalized spacial score (nSPS) is 11.0. The molecule has 0 aromatic heterocycles. The Morgan fingerprint density at radius 3 is 2.41 bits per heavy atom. The van der Waals surface area contributed by atoms with Crippen LogP contribution in [0.4, 0.5) is 10.1 Å². The summed E-state index contributed by atoms with van der Waals surface area (Å²) in [7, 11) is 0. The van der Waals surface area contributed by atoms with Crippen molar-refractivity contribution in [3.63, 3.8) is 0 Å². The molecule has 0 aliphatic heterocycles. The number of anilines is 1. The summed E-state index contributed by atoms with van der Waals surface area (Å²) in [5.74, 6) is -0.222. The van der Waals surface area contributed by atoms with E-state index >= 15 is 0 Å². The molecule has 34 heavy (non-hydrogen) atoms. The average Bonchev–Trinajstić information content (AvgIpc) is 2.84. The van der Waals surface area contributed by atoms with Gasteiger partial charge in [-0.05, 0) is 79.6 Å². The number of benzene rings is 3. The van der Waals surface area contributed by atoms with Gasteiger partial charge in [0.05, 0.1) is 5.71 Å². The zero-order chi connectivity index (χ0) is 24.3. The molecule has 0 saturated carbocycles. The summed E-state index contributed by atoms with van der Waals surface area (Å²) >= 11 is 0. The van der Waals surface area contributed by atoms with Crippen molar-refractivity contribution >= 4 is 23.2 Å². The molecule has 0 fully saturated rings. The van der Waals surface area contributed by atoms with Gasteiger partial charge in [-0.3, -0.25) is 9.59 Å². The predicted molar refractivity (Wildman–Crippen MR) is 128 cm³/mol. The van der Waals surface area contributed by atoms with E-state index < -0.39 is 5.91 Å². The fourth-order valence-electron chi connectivity index (χ4n) is 2.98. The Balaban J connectivity index is 1.47.